The van der Waals surface area contributed by atoms with E-state index in [-0.39, 0.29) is 18.0 Å². The summed E-state index contributed by atoms with van der Waals surface area (Å²) in [5, 5.41) is 17.4. The highest BCUT2D eigenvalue weighted by molar-refractivity contribution is 5.85. The first-order chi connectivity index (χ1) is 14.9. The van der Waals surface area contributed by atoms with E-state index < -0.39 is 29.9 Å². The molecular weight excluding hydrogens is 406 g/mol. The number of carbonyl (C=O) groups is 2. The fourth-order valence-corrected chi connectivity index (χ4v) is 3.92. The third-order valence-corrected chi connectivity index (χ3v) is 5.57. The molecule has 1 unspecified atom stereocenters. The van der Waals surface area contributed by atoms with E-state index in [4.69, 9.17) is 4.74 Å². The molecule has 1 saturated heterocycles. The second-order valence-corrected chi connectivity index (χ2v) is 10.5. The fraction of sp³-hybridized carbons (Fsp3) is 0.680. The molecule has 3 N–H and O–H groups in total. The lowest BCUT2D eigenvalue weighted by Gasteiger charge is -2.29. The summed E-state index contributed by atoms with van der Waals surface area (Å²) in [6.07, 6.45) is -0.603. The van der Waals surface area contributed by atoms with Gasteiger partial charge in [-0.2, -0.15) is 0 Å². The molecule has 1 aromatic carbocycles. The predicted molar refractivity (Wildman–Crippen MR) is 126 cm³/mol. The molecule has 7 heteroatoms. The Kier molecular flexibility index (Phi) is 9.10. The van der Waals surface area contributed by atoms with Crippen molar-refractivity contribution in [3.8, 4) is 0 Å². The monoisotopic (exact) mass is 447 g/mol. The minimum atomic E-state index is -1.11. The van der Waals surface area contributed by atoms with Crippen molar-refractivity contribution in [2.24, 2.45) is 11.8 Å². The molecule has 2 amide bonds. The van der Waals surface area contributed by atoms with Crippen molar-refractivity contribution in [3.63, 3.8) is 0 Å². The molecule has 1 aromatic rings. The molecule has 0 spiro atoms. The van der Waals surface area contributed by atoms with Crippen LogP contribution < -0.4 is 10.6 Å². The van der Waals surface area contributed by atoms with Gasteiger partial charge in [-0.1, -0.05) is 58.0 Å². The van der Waals surface area contributed by atoms with Crippen molar-refractivity contribution in [1.82, 2.24) is 15.5 Å². The van der Waals surface area contributed by atoms with Gasteiger partial charge >= 0.3 is 6.09 Å². The van der Waals surface area contributed by atoms with Crippen LogP contribution in [0.25, 0.3) is 0 Å². The molecule has 1 aliphatic rings. The Bertz CT molecular complexity index is 745. The summed E-state index contributed by atoms with van der Waals surface area (Å²) >= 11 is 0. The van der Waals surface area contributed by atoms with Crippen LogP contribution in [0, 0.1) is 11.8 Å². The van der Waals surface area contributed by atoms with Crippen molar-refractivity contribution >= 4 is 12.0 Å². The number of hydrogen-bond donors (Lipinski definition) is 3. The van der Waals surface area contributed by atoms with Crippen molar-refractivity contribution in [2.45, 2.75) is 91.3 Å². The average molecular weight is 448 g/mol. The van der Waals surface area contributed by atoms with Crippen molar-refractivity contribution < 1.29 is 19.4 Å². The smallest absolute Gasteiger partial charge is 0.407 e. The van der Waals surface area contributed by atoms with Gasteiger partial charge in [0.2, 0.25) is 5.91 Å². The number of nitrogens with zero attached hydrogens (tertiary/aromatic N) is 1. The summed E-state index contributed by atoms with van der Waals surface area (Å²) in [6.45, 7) is 14.4. The van der Waals surface area contributed by atoms with Crippen LogP contribution in [0.4, 0.5) is 4.79 Å². The van der Waals surface area contributed by atoms with Crippen LogP contribution in [0.5, 0.6) is 0 Å². The number of aliphatic hydroxyl groups is 1. The number of aliphatic hydroxyl groups excluding tert-OH is 1. The first kappa shape index (κ1) is 26.1. The Morgan fingerprint density at radius 1 is 1.19 bits per heavy atom. The van der Waals surface area contributed by atoms with Crippen LogP contribution in [0.1, 0.15) is 60.5 Å². The molecular formula is C25H41N3O4. The third kappa shape index (κ3) is 7.48. The summed E-state index contributed by atoms with van der Waals surface area (Å²) in [4.78, 5) is 27.7. The van der Waals surface area contributed by atoms with Gasteiger partial charge in [0.25, 0.3) is 0 Å². The number of benzene rings is 1. The maximum atomic E-state index is 13.3. The van der Waals surface area contributed by atoms with Gasteiger partial charge in [0.15, 0.2) is 0 Å². The first-order valence-corrected chi connectivity index (χ1v) is 11.7. The zero-order valence-electron chi connectivity index (χ0n) is 20.6. The molecule has 4 atom stereocenters. The SMILES string of the molecule is CC(C)CCN1C(=O)[C@H]([C@@H](O)[C@H](Cc2ccccc2)NC(=O)OC(C)(C)C)NC1C(C)C. The minimum Gasteiger partial charge on any atom is -0.444 e. The average Bonchev–Trinajstić information content (AvgIpc) is 3.01. The summed E-state index contributed by atoms with van der Waals surface area (Å²) in [7, 11) is 0. The Hall–Kier alpha value is -2.12. The van der Waals surface area contributed by atoms with Gasteiger partial charge in [0.05, 0.1) is 18.3 Å². The number of carbonyl (C=O) groups excluding carboxylic acids is 2. The van der Waals surface area contributed by atoms with Crippen LogP contribution in [0.2, 0.25) is 0 Å². The van der Waals surface area contributed by atoms with Gasteiger partial charge in [-0.05, 0) is 51.0 Å². The van der Waals surface area contributed by atoms with Crippen LogP contribution in [0.15, 0.2) is 30.3 Å². The zero-order chi connectivity index (χ0) is 24.1. The minimum absolute atomic E-state index is 0.124. The largest absolute Gasteiger partial charge is 0.444 e. The van der Waals surface area contributed by atoms with Crippen molar-refractivity contribution in [2.75, 3.05) is 6.54 Å². The van der Waals surface area contributed by atoms with Crippen LogP contribution in [-0.2, 0) is 16.0 Å². The highest BCUT2D eigenvalue weighted by atomic mass is 16.6. The van der Waals surface area contributed by atoms with E-state index in [1.807, 2.05) is 35.2 Å². The second kappa shape index (κ2) is 11.1. The maximum Gasteiger partial charge on any atom is 0.407 e. The highest BCUT2D eigenvalue weighted by Gasteiger charge is 2.46. The molecule has 1 heterocycles. The Balaban J connectivity index is 2.23. The molecule has 1 aliphatic heterocycles. The number of hydrogen-bond acceptors (Lipinski definition) is 5. The van der Waals surface area contributed by atoms with Crippen molar-refractivity contribution in [1.29, 1.82) is 0 Å². The van der Waals surface area contributed by atoms with Gasteiger partial charge in [0.1, 0.15) is 11.6 Å². The van der Waals surface area contributed by atoms with E-state index in [1.165, 1.54) is 0 Å². The van der Waals surface area contributed by atoms with Crippen molar-refractivity contribution in [3.05, 3.63) is 35.9 Å². The molecule has 0 aromatic heterocycles. The van der Waals surface area contributed by atoms with E-state index >= 15 is 0 Å². The molecule has 180 valence electrons. The van der Waals surface area contributed by atoms with Gasteiger partial charge in [-0.3, -0.25) is 10.1 Å². The third-order valence-electron chi connectivity index (χ3n) is 5.57. The van der Waals surface area contributed by atoms with E-state index in [2.05, 4.69) is 38.3 Å². The topological polar surface area (TPSA) is 90.9 Å². The van der Waals surface area contributed by atoms with Gasteiger partial charge in [-0.15, -0.1) is 0 Å². The Labute approximate surface area is 192 Å². The second-order valence-electron chi connectivity index (χ2n) is 10.5. The molecule has 32 heavy (non-hydrogen) atoms. The number of amides is 2. The molecule has 0 bridgehead atoms. The molecule has 0 radical (unpaired) electrons. The van der Waals surface area contributed by atoms with Gasteiger partial charge in [-0.25, -0.2) is 4.79 Å². The molecule has 7 nitrogen and oxygen atoms in total. The maximum absolute atomic E-state index is 13.3. The van der Waals surface area contributed by atoms with Gasteiger partial charge < -0.3 is 20.1 Å². The summed E-state index contributed by atoms with van der Waals surface area (Å²) in [6, 6.07) is 8.13. The van der Waals surface area contributed by atoms with Gasteiger partial charge in [0, 0.05) is 6.54 Å². The Morgan fingerprint density at radius 3 is 2.34 bits per heavy atom. The molecule has 2 rings (SSSR count). The van der Waals surface area contributed by atoms with Crippen LogP contribution in [-0.4, -0.2) is 58.5 Å². The number of ether oxygens (including phenoxy) is 1. The molecule has 0 aliphatic carbocycles. The number of alkyl carbamates (subject to hydrolysis) is 1. The number of rotatable bonds is 9. The summed E-state index contributed by atoms with van der Waals surface area (Å²) < 4.78 is 5.41. The lowest BCUT2D eigenvalue weighted by atomic mass is 9.96. The Morgan fingerprint density at radius 2 is 1.81 bits per heavy atom. The van der Waals surface area contributed by atoms with Crippen LogP contribution >= 0.6 is 0 Å². The van der Waals surface area contributed by atoms with E-state index in [9.17, 15) is 14.7 Å². The lowest BCUT2D eigenvalue weighted by molar-refractivity contribution is -0.132. The predicted octanol–water partition coefficient (Wildman–Crippen LogP) is 3.31. The normalized spacial score (nSPS) is 21.2. The quantitative estimate of drug-likeness (QED) is 0.540. The summed E-state index contributed by atoms with van der Waals surface area (Å²) in [5.74, 6) is 0.537. The van der Waals surface area contributed by atoms with E-state index in [1.54, 1.807) is 20.8 Å². The standard InChI is InChI=1S/C25H41N3O4/c1-16(2)13-14-28-22(17(3)4)27-20(23(28)30)21(29)19(15-18-11-9-8-10-12-18)26-24(31)32-25(5,6)7/h8-12,16-17,19-22,27,29H,13-15H2,1-7H3,(H,26,31)/t19-,20-,21-,22?/m0/s1. The number of nitrogens with one attached hydrogen (secondary N) is 2. The zero-order valence-corrected chi connectivity index (χ0v) is 20.6. The van der Waals surface area contributed by atoms with E-state index in [0.717, 1.165) is 12.0 Å². The fourth-order valence-electron chi connectivity index (χ4n) is 3.92. The highest BCUT2D eigenvalue weighted by Crippen LogP contribution is 2.23. The van der Waals surface area contributed by atoms with Crippen LogP contribution in [0.3, 0.4) is 0 Å². The molecule has 1 fully saturated rings. The molecule has 0 saturated carbocycles. The van der Waals surface area contributed by atoms with E-state index in [0.29, 0.717) is 18.9 Å². The first-order valence-electron chi connectivity index (χ1n) is 11.7. The lowest BCUT2D eigenvalue weighted by Crippen LogP contribution is -2.55. The summed E-state index contributed by atoms with van der Waals surface area (Å²) in [5.41, 5.74) is 0.291.